The van der Waals surface area contributed by atoms with E-state index in [1.807, 2.05) is 0 Å². The third-order valence-corrected chi connectivity index (χ3v) is 7.30. The summed E-state index contributed by atoms with van der Waals surface area (Å²) >= 11 is 3.65. The van der Waals surface area contributed by atoms with Crippen molar-refractivity contribution in [3.8, 4) is 5.75 Å². The summed E-state index contributed by atoms with van der Waals surface area (Å²) in [6.45, 7) is 2.05. The van der Waals surface area contributed by atoms with E-state index in [0.29, 0.717) is 0 Å². The van der Waals surface area contributed by atoms with E-state index >= 15 is 0 Å². The predicted molar refractivity (Wildman–Crippen MR) is 124 cm³/mol. The second kappa shape index (κ2) is 6.82. The van der Waals surface area contributed by atoms with Gasteiger partial charge in [0, 0.05) is 42.4 Å². The van der Waals surface area contributed by atoms with Crippen LogP contribution in [0.1, 0.15) is 36.4 Å². The van der Waals surface area contributed by atoms with Gasteiger partial charge in [0.15, 0.2) is 0 Å². The van der Waals surface area contributed by atoms with E-state index in [1.54, 1.807) is 0 Å². The fraction of sp³-hybridized carbons (Fsp3) is 0.320. The lowest BCUT2D eigenvalue weighted by Crippen LogP contribution is -2.58. The van der Waals surface area contributed by atoms with Crippen LogP contribution in [0.5, 0.6) is 5.75 Å². The van der Waals surface area contributed by atoms with Gasteiger partial charge in [-0.3, -0.25) is 0 Å². The molecular formula is C25H24BrN3O. The first kappa shape index (κ1) is 18.4. The molecule has 1 atom stereocenters. The largest absolute Gasteiger partial charge is 0.466 e. The molecule has 0 N–H and O–H groups in total. The SMILES string of the molecule is CN1CCC2(CC1)Oc1ccc(Br)cc1[C@H]1CC(c3ccc4ccccc4c3)=NN12. The number of piperidine rings is 1. The Hall–Kier alpha value is -2.37. The Bertz CT molecular complexity index is 1170. The van der Waals surface area contributed by atoms with Crippen molar-refractivity contribution >= 4 is 32.4 Å². The Morgan fingerprint density at radius 1 is 1.00 bits per heavy atom. The highest BCUT2D eigenvalue weighted by atomic mass is 79.9. The summed E-state index contributed by atoms with van der Waals surface area (Å²) in [5.74, 6) is 1.01. The zero-order chi connectivity index (χ0) is 20.3. The van der Waals surface area contributed by atoms with Crippen LogP contribution in [0.15, 0.2) is 70.2 Å². The van der Waals surface area contributed by atoms with Crippen LogP contribution in [0.2, 0.25) is 0 Å². The van der Waals surface area contributed by atoms with Gasteiger partial charge < -0.3 is 9.64 Å². The summed E-state index contributed by atoms with van der Waals surface area (Å²) in [5, 5.41) is 10.0. The number of hydrogen-bond donors (Lipinski definition) is 0. The number of fused-ring (bicyclic) bond motifs is 5. The molecule has 1 saturated heterocycles. The van der Waals surface area contributed by atoms with Crippen LogP contribution in [-0.4, -0.2) is 41.5 Å². The van der Waals surface area contributed by atoms with Gasteiger partial charge in [-0.1, -0.05) is 52.3 Å². The third-order valence-electron chi connectivity index (χ3n) is 6.81. The van der Waals surface area contributed by atoms with Crippen LogP contribution in [0.25, 0.3) is 10.8 Å². The molecule has 152 valence electrons. The van der Waals surface area contributed by atoms with Crippen molar-refractivity contribution in [2.75, 3.05) is 20.1 Å². The Balaban J connectivity index is 1.45. The minimum Gasteiger partial charge on any atom is -0.466 e. The van der Waals surface area contributed by atoms with E-state index in [-0.39, 0.29) is 11.8 Å². The van der Waals surface area contributed by atoms with Gasteiger partial charge in [0.2, 0.25) is 5.72 Å². The van der Waals surface area contributed by atoms with Crippen LogP contribution in [-0.2, 0) is 0 Å². The molecule has 3 heterocycles. The van der Waals surface area contributed by atoms with Crippen LogP contribution in [0.4, 0.5) is 0 Å². The van der Waals surface area contributed by atoms with Crippen molar-refractivity contribution < 1.29 is 4.74 Å². The summed E-state index contributed by atoms with van der Waals surface area (Å²) in [6.07, 6.45) is 2.83. The summed E-state index contributed by atoms with van der Waals surface area (Å²) in [5.41, 5.74) is 3.24. The number of rotatable bonds is 1. The molecule has 0 amide bonds. The van der Waals surface area contributed by atoms with Gasteiger partial charge in [-0.15, -0.1) is 0 Å². The molecule has 0 aromatic heterocycles. The summed E-state index contributed by atoms with van der Waals surface area (Å²) in [6, 6.07) is 21.8. The molecule has 3 aliphatic rings. The highest BCUT2D eigenvalue weighted by molar-refractivity contribution is 9.10. The monoisotopic (exact) mass is 461 g/mol. The molecule has 4 nitrogen and oxygen atoms in total. The van der Waals surface area contributed by atoms with Gasteiger partial charge in [0.05, 0.1) is 11.8 Å². The van der Waals surface area contributed by atoms with E-state index in [2.05, 4.69) is 93.6 Å². The Labute approximate surface area is 185 Å². The lowest BCUT2D eigenvalue weighted by Gasteiger charge is -2.50. The van der Waals surface area contributed by atoms with E-state index < -0.39 is 0 Å². The number of hydrazone groups is 1. The Morgan fingerprint density at radius 2 is 1.80 bits per heavy atom. The van der Waals surface area contributed by atoms with Crippen molar-refractivity contribution in [2.45, 2.75) is 31.0 Å². The highest BCUT2D eigenvalue weighted by Gasteiger charge is 2.51. The molecule has 6 rings (SSSR count). The number of ether oxygens (including phenoxy) is 1. The van der Waals surface area contributed by atoms with Gasteiger partial charge in [0.1, 0.15) is 5.75 Å². The van der Waals surface area contributed by atoms with E-state index in [9.17, 15) is 0 Å². The van der Waals surface area contributed by atoms with E-state index in [0.717, 1.165) is 48.3 Å². The second-order valence-electron chi connectivity index (χ2n) is 8.71. The lowest BCUT2D eigenvalue weighted by atomic mass is 9.90. The molecule has 0 radical (unpaired) electrons. The number of benzene rings is 3. The molecule has 3 aliphatic heterocycles. The first-order valence-corrected chi connectivity index (χ1v) is 11.4. The predicted octanol–water partition coefficient (Wildman–Crippen LogP) is 5.57. The normalized spacial score (nSPS) is 22.5. The molecule has 0 saturated carbocycles. The minimum absolute atomic E-state index is 0.219. The molecule has 0 aliphatic carbocycles. The molecule has 3 aromatic carbocycles. The first-order chi connectivity index (χ1) is 14.6. The summed E-state index contributed by atoms with van der Waals surface area (Å²) in [4.78, 5) is 2.38. The van der Waals surface area contributed by atoms with Gasteiger partial charge in [-0.25, -0.2) is 5.01 Å². The number of hydrogen-bond acceptors (Lipinski definition) is 4. The molecule has 1 fully saturated rings. The maximum atomic E-state index is 6.70. The van der Waals surface area contributed by atoms with Gasteiger partial charge in [0.25, 0.3) is 0 Å². The molecule has 5 heteroatoms. The van der Waals surface area contributed by atoms with Gasteiger partial charge in [-0.05, 0) is 47.6 Å². The van der Waals surface area contributed by atoms with Crippen molar-refractivity contribution in [3.05, 3.63) is 76.3 Å². The standard InChI is InChI=1S/C25H24BrN3O/c1-28-12-10-25(11-13-28)29-23(21-15-20(26)8-9-24(21)30-25)16-22(27-29)19-7-6-17-4-2-3-5-18(17)14-19/h2-9,14-15,23H,10-13,16H2,1H3/t23-/m1/s1. The third kappa shape index (κ3) is 2.87. The molecule has 30 heavy (non-hydrogen) atoms. The highest BCUT2D eigenvalue weighted by Crippen LogP contribution is 2.50. The van der Waals surface area contributed by atoms with Crippen LogP contribution in [0, 0.1) is 0 Å². The maximum Gasteiger partial charge on any atom is 0.200 e. The van der Waals surface area contributed by atoms with Crippen molar-refractivity contribution in [1.82, 2.24) is 9.91 Å². The molecule has 3 aromatic rings. The summed E-state index contributed by atoms with van der Waals surface area (Å²) < 4.78 is 7.79. The van der Waals surface area contributed by atoms with Crippen LogP contribution < -0.4 is 4.74 Å². The van der Waals surface area contributed by atoms with E-state index in [4.69, 9.17) is 9.84 Å². The second-order valence-corrected chi connectivity index (χ2v) is 9.62. The van der Waals surface area contributed by atoms with E-state index in [1.165, 1.54) is 21.9 Å². The minimum atomic E-state index is -0.351. The fourth-order valence-electron chi connectivity index (χ4n) is 5.09. The smallest absolute Gasteiger partial charge is 0.200 e. The van der Waals surface area contributed by atoms with Crippen molar-refractivity contribution in [1.29, 1.82) is 0 Å². The topological polar surface area (TPSA) is 28.1 Å². The quantitative estimate of drug-likeness (QED) is 0.474. The zero-order valence-corrected chi connectivity index (χ0v) is 18.6. The number of nitrogens with zero attached hydrogens (tertiary/aromatic N) is 3. The fourth-order valence-corrected chi connectivity index (χ4v) is 5.47. The van der Waals surface area contributed by atoms with Crippen molar-refractivity contribution in [3.63, 3.8) is 0 Å². The van der Waals surface area contributed by atoms with Crippen molar-refractivity contribution in [2.24, 2.45) is 5.10 Å². The molecule has 0 unspecified atom stereocenters. The van der Waals surface area contributed by atoms with Crippen LogP contribution >= 0.6 is 15.9 Å². The lowest BCUT2D eigenvalue weighted by molar-refractivity contribution is -0.147. The first-order valence-electron chi connectivity index (χ1n) is 10.6. The van der Waals surface area contributed by atoms with Gasteiger partial charge >= 0.3 is 0 Å². The average molecular weight is 462 g/mol. The summed E-state index contributed by atoms with van der Waals surface area (Å²) in [7, 11) is 2.19. The zero-order valence-electron chi connectivity index (χ0n) is 17.0. The Kier molecular flexibility index (Phi) is 4.19. The number of likely N-dealkylation sites (tertiary alicyclic amines) is 1. The van der Waals surface area contributed by atoms with Gasteiger partial charge in [-0.2, -0.15) is 5.10 Å². The Morgan fingerprint density at radius 3 is 2.63 bits per heavy atom. The maximum absolute atomic E-state index is 6.70. The molecular weight excluding hydrogens is 438 g/mol. The molecule has 1 spiro atoms. The van der Waals surface area contributed by atoms with Crippen LogP contribution in [0.3, 0.4) is 0 Å². The number of halogens is 1. The molecule has 0 bridgehead atoms. The average Bonchev–Trinajstić information content (AvgIpc) is 3.23.